The molecule has 0 spiro atoms. The molecule has 0 heterocycles. The summed E-state index contributed by atoms with van der Waals surface area (Å²) in [5, 5.41) is 2.69. The molecule has 0 atom stereocenters. The standard InChI is InChI=1S/C17H25NO5/c1-12(2)10-18-16(19)11-23-17(20)8-6-13-5-7-14(21-3)15(9-13)22-4/h5,7,9,12H,6,8,10-11H2,1-4H3,(H,18,19). The van der Waals surface area contributed by atoms with Crippen molar-refractivity contribution in [3.8, 4) is 11.5 Å². The fraction of sp³-hybridized carbons (Fsp3) is 0.529. The molecule has 128 valence electrons. The lowest BCUT2D eigenvalue weighted by Crippen LogP contribution is -2.31. The number of hydrogen-bond acceptors (Lipinski definition) is 5. The van der Waals surface area contributed by atoms with Crippen LogP contribution in [0.5, 0.6) is 11.5 Å². The summed E-state index contributed by atoms with van der Waals surface area (Å²) in [5.41, 5.74) is 0.934. The average molecular weight is 323 g/mol. The van der Waals surface area contributed by atoms with Gasteiger partial charge in [0.15, 0.2) is 18.1 Å². The van der Waals surface area contributed by atoms with Gasteiger partial charge in [-0.1, -0.05) is 19.9 Å². The summed E-state index contributed by atoms with van der Waals surface area (Å²) in [6.07, 6.45) is 0.708. The molecular formula is C17H25NO5. The van der Waals surface area contributed by atoms with Crippen LogP contribution < -0.4 is 14.8 Å². The number of amides is 1. The zero-order valence-corrected chi connectivity index (χ0v) is 14.2. The van der Waals surface area contributed by atoms with Crippen molar-refractivity contribution in [3.05, 3.63) is 23.8 Å². The van der Waals surface area contributed by atoms with E-state index in [9.17, 15) is 9.59 Å². The molecule has 0 aliphatic carbocycles. The van der Waals surface area contributed by atoms with Crippen LogP contribution in [-0.2, 0) is 20.7 Å². The number of carbonyl (C=O) groups is 2. The van der Waals surface area contributed by atoms with Gasteiger partial charge in [0.25, 0.3) is 5.91 Å². The van der Waals surface area contributed by atoms with Crippen LogP contribution in [0.2, 0.25) is 0 Å². The Bertz CT molecular complexity index is 528. The van der Waals surface area contributed by atoms with Gasteiger partial charge in [0, 0.05) is 13.0 Å². The van der Waals surface area contributed by atoms with Gasteiger partial charge >= 0.3 is 5.97 Å². The minimum absolute atomic E-state index is 0.201. The maximum atomic E-state index is 11.7. The van der Waals surface area contributed by atoms with Gasteiger partial charge in [-0.25, -0.2) is 0 Å². The second kappa shape index (κ2) is 9.71. The van der Waals surface area contributed by atoms with Crippen LogP contribution in [0.25, 0.3) is 0 Å². The van der Waals surface area contributed by atoms with E-state index in [2.05, 4.69) is 5.32 Å². The fourth-order valence-electron chi connectivity index (χ4n) is 1.87. The summed E-state index contributed by atoms with van der Waals surface area (Å²) in [7, 11) is 3.13. The van der Waals surface area contributed by atoms with Crippen LogP contribution in [0.4, 0.5) is 0 Å². The summed E-state index contributed by atoms with van der Waals surface area (Å²) in [5.74, 6) is 0.935. The van der Waals surface area contributed by atoms with E-state index in [-0.39, 0.29) is 18.9 Å². The highest BCUT2D eigenvalue weighted by Gasteiger charge is 2.10. The first-order valence-electron chi connectivity index (χ1n) is 7.59. The second-order valence-electron chi connectivity index (χ2n) is 5.55. The van der Waals surface area contributed by atoms with Gasteiger partial charge in [-0.05, 0) is 30.0 Å². The molecule has 0 bridgehead atoms. The molecular weight excluding hydrogens is 298 g/mol. The quantitative estimate of drug-likeness (QED) is 0.703. The molecule has 0 aromatic heterocycles. The van der Waals surface area contributed by atoms with E-state index in [4.69, 9.17) is 14.2 Å². The minimum Gasteiger partial charge on any atom is -0.493 e. The molecule has 6 nitrogen and oxygen atoms in total. The average Bonchev–Trinajstić information content (AvgIpc) is 2.55. The predicted molar refractivity (Wildman–Crippen MR) is 86.7 cm³/mol. The van der Waals surface area contributed by atoms with E-state index >= 15 is 0 Å². The van der Waals surface area contributed by atoms with Gasteiger partial charge in [-0.15, -0.1) is 0 Å². The van der Waals surface area contributed by atoms with Crippen molar-refractivity contribution in [3.63, 3.8) is 0 Å². The molecule has 0 aliphatic heterocycles. The number of carbonyl (C=O) groups excluding carboxylic acids is 2. The maximum Gasteiger partial charge on any atom is 0.306 e. The molecule has 6 heteroatoms. The maximum absolute atomic E-state index is 11.7. The van der Waals surface area contributed by atoms with Crippen LogP contribution in [-0.4, -0.2) is 39.2 Å². The zero-order chi connectivity index (χ0) is 17.2. The van der Waals surface area contributed by atoms with Gasteiger partial charge in [-0.3, -0.25) is 9.59 Å². The third kappa shape index (κ3) is 7.04. The Balaban J connectivity index is 2.37. The fourth-order valence-corrected chi connectivity index (χ4v) is 1.87. The number of hydrogen-bond donors (Lipinski definition) is 1. The summed E-state index contributed by atoms with van der Waals surface area (Å²) in [4.78, 5) is 23.1. The van der Waals surface area contributed by atoms with Crippen molar-refractivity contribution in [1.29, 1.82) is 0 Å². The van der Waals surface area contributed by atoms with Gasteiger partial charge in [0.05, 0.1) is 14.2 Å². The summed E-state index contributed by atoms with van der Waals surface area (Å²) < 4.78 is 15.3. The van der Waals surface area contributed by atoms with Crippen molar-refractivity contribution in [2.75, 3.05) is 27.4 Å². The molecule has 0 unspecified atom stereocenters. The number of nitrogens with one attached hydrogen (secondary N) is 1. The molecule has 0 aliphatic rings. The predicted octanol–water partition coefficient (Wildman–Crippen LogP) is 1.95. The highest BCUT2D eigenvalue weighted by Crippen LogP contribution is 2.27. The van der Waals surface area contributed by atoms with Gasteiger partial charge in [0.1, 0.15) is 0 Å². The molecule has 1 aromatic carbocycles. The van der Waals surface area contributed by atoms with Crippen molar-refractivity contribution < 1.29 is 23.8 Å². The molecule has 1 aromatic rings. The lowest BCUT2D eigenvalue weighted by molar-refractivity contribution is -0.148. The molecule has 1 amide bonds. The van der Waals surface area contributed by atoms with Gasteiger partial charge < -0.3 is 19.5 Å². The number of benzene rings is 1. The monoisotopic (exact) mass is 323 g/mol. The second-order valence-corrected chi connectivity index (χ2v) is 5.55. The third-order valence-electron chi connectivity index (χ3n) is 3.14. The van der Waals surface area contributed by atoms with Crippen molar-refractivity contribution in [2.45, 2.75) is 26.7 Å². The highest BCUT2D eigenvalue weighted by atomic mass is 16.5. The van der Waals surface area contributed by atoms with Crippen molar-refractivity contribution in [2.24, 2.45) is 5.92 Å². The Morgan fingerprint density at radius 1 is 1.13 bits per heavy atom. The minimum atomic E-state index is -0.403. The normalized spacial score (nSPS) is 10.3. The van der Waals surface area contributed by atoms with E-state index in [0.717, 1.165) is 5.56 Å². The molecule has 1 rings (SSSR count). The van der Waals surface area contributed by atoms with E-state index in [0.29, 0.717) is 30.4 Å². The summed E-state index contributed by atoms with van der Waals surface area (Å²) in [6, 6.07) is 5.48. The summed E-state index contributed by atoms with van der Waals surface area (Å²) in [6.45, 7) is 4.32. The molecule has 0 radical (unpaired) electrons. The van der Waals surface area contributed by atoms with E-state index in [1.54, 1.807) is 20.3 Å². The molecule has 0 saturated heterocycles. The van der Waals surface area contributed by atoms with Crippen molar-refractivity contribution >= 4 is 11.9 Å². The Kier molecular flexibility index (Phi) is 7.94. The Morgan fingerprint density at radius 3 is 2.43 bits per heavy atom. The highest BCUT2D eigenvalue weighted by molar-refractivity contribution is 5.80. The first-order valence-corrected chi connectivity index (χ1v) is 7.59. The van der Waals surface area contributed by atoms with Crippen LogP contribution in [0.15, 0.2) is 18.2 Å². The lowest BCUT2D eigenvalue weighted by atomic mass is 10.1. The van der Waals surface area contributed by atoms with E-state index in [1.807, 2.05) is 26.0 Å². The number of ether oxygens (including phenoxy) is 3. The number of rotatable bonds is 9. The Morgan fingerprint density at radius 2 is 1.83 bits per heavy atom. The Hall–Kier alpha value is -2.24. The molecule has 23 heavy (non-hydrogen) atoms. The van der Waals surface area contributed by atoms with Gasteiger partial charge in [-0.2, -0.15) is 0 Å². The number of aryl methyl sites for hydroxylation is 1. The summed E-state index contributed by atoms with van der Waals surface area (Å²) >= 11 is 0. The Labute approximate surface area is 137 Å². The molecule has 0 saturated carbocycles. The first-order chi connectivity index (χ1) is 11.0. The largest absolute Gasteiger partial charge is 0.493 e. The zero-order valence-electron chi connectivity index (χ0n) is 14.2. The number of esters is 1. The van der Waals surface area contributed by atoms with Crippen LogP contribution in [0.3, 0.4) is 0 Å². The topological polar surface area (TPSA) is 73.9 Å². The molecule has 1 N–H and O–H groups in total. The van der Waals surface area contributed by atoms with Crippen LogP contribution in [0.1, 0.15) is 25.8 Å². The van der Waals surface area contributed by atoms with E-state index in [1.165, 1.54) is 0 Å². The van der Waals surface area contributed by atoms with Gasteiger partial charge in [0.2, 0.25) is 0 Å². The third-order valence-corrected chi connectivity index (χ3v) is 3.14. The SMILES string of the molecule is COc1ccc(CCC(=O)OCC(=O)NCC(C)C)cc1OC. The first kappa shape index (κ1) is 18.8. The number of methoxy groups -OCH3 is 2. The lowest BCUT2D eigenvalue weighted by Gasteiger charge is -2.10. The van der Waals surface area contributed by atoms with Crippen LogP contribution in [0, 0.1) is 5.92 Å². The smallest absolute Gasteiger partial charge is 0.306 e. The van der Waals surface area contributed by atoms with Crippen LogP contribution >= 0.6 is 0 Å². The van der Waals surface area contributed by atoms with Crippen molar-refractivity contribution in [1.82, 2.24) is 5.32 Å². The molecule has 0 fully saturated rings. The van der Waals surface area contributed by atoms with E-state index < -0.39 is 5.97 Å².